The van der Waals surface area contributed by atoms with Gasteiger partial charge in [0, 0.05) is 0 Å². The molecule has 0 aliphatic rings. The average molecular weight is 361 g/mol. The highest BCUT2D eigenvalue weighted by atomic mass is 32.3. The molecule has 20 heavy (non-hydrogen) atoms. The lowest BCUT2D eigenvalue weighted by atomic mass is 10.5. The van der Waals surface area contributed by atoms with Crippen LogP contribution in [0.25, 0.3) is 0 Å². The van der Waals surface area contributed by atoms with Gasteiger partial charge >= 0.3 is 19.0 Å². The van der Waals surface area contributed by atoms with Gasteiger partial charge in [0.15, 0.2) is 16.6 Å². The minimum Gasteiger partial charge on any atom is -0.437 e. The molecule has 0 heterocycles. The van der Waals surface area contributed by atoms with E-state index < -0.39 is 35.6 Å². The molecule has 0 rings (SSSR count). The lowest BCUT2D eigenvalue weighted by molar-refractivity contribution is 0.267. The predicted octanol–water partition coefficient (Wildman–Crippen LogP) is 2.97. The number of rotatable bonds is 9. The van der Waals surface area contributed by atoms with Crippen molar-refractivity contribution in [3.8, 4) is 0 Å². The monoisotopic (exact) mass is 360 g/mol. The molecule has 0 unspecified atom stereocenters. The summed E-state index contributed by atoms with van der Waals surface area (Å²) in [5.74, 6) is 0. The van der Waals surface area contributed by atoms with Crippen LogP contribution in [0, 0.1) is 0 Å². The second-order valence-electron chi connectivity index (χ2n) is 6.83. The maximum absolute atomic E-state index is 10.4. The summed E-state index contributed by atoms with van der Waals surface area (Å²) in [7, 11) is -10.1. The summed E-state index contributed by atoms with van der Waals surface area (Å²) in [5, 5.41) is 0. The number of hydrogen-bond donors (Lipinski definition) is 1. The third kappa shape index (κ3) is 12.2. The first kappa shape index (κ1) is 20.4. The van der Waals surface area contributed by atoms with Gasteiger partial charge in [-0.1, -0.05) is 0 Å². The second kappa shape index (κ2) is 7.13. The quantitative estimate of drug-likeness (QED) is 0.387. The van der Waals surface area contributed by atoms with E-state index in [2.05, 4.69) is 50.0 Å². The average Bonchev–Trinajstić information content (AvgIpc) is 2.04. The molecule has 0 aliphatic carbocycles. The van der Waals surface area contributed by atoms with Crippen LogP contribution in [0.15, 0.2) is 0 Å². The summed E-state index contributed by atoms with van der Waals surface area (Å²) in [5.41, 5.74) is 0. The standard InChI is InChI=1S/C10H28O6SSi3/c1-18(2,3)15-20(6,7)16-19(4,5)10-8-9-14-17(11,12)13/h8-10H2,1-7H3,(H,11,12,13). The van der Waals surface area contributed by atoms with E-state index in [1.165, 1.54) is 0 Å². The SMILES string of the molecule is C[Si](C)(C)O[Si](C)(C)O[Si](C)(C)CCCOS(=O)(=O)O. The van der Waals surface area contributed by atoms with Crippen molar-refractivity contribution in [2.45, 2.75) is 58.3 Å². The molecule has 1 N–H and O–H groups in total. The van der Waals surface area contributed by atoms with E-state index in [-0.39, 0.29) is 6.61 Å². The third-order valence-corrected chi connectivity index (χ3v) is 12.8. The van der Waals surface area contributed by atoms with Crippen molar-refractivity contribution in [2.75, 3.05) is 6.61 Å². The maximum atomic E-state index is 10.4. The summed E-state index contributed by atoms with van der Waals surface area (Å²) >= 11 is 0. The highest BCUT2D eigenvalue weighted by Gasteiger charge is 2.37. The zero-order valence-corrected chi connectivity index (χ0v) is 17.3. The fourth-order valence-corrected chi connectivity index (χ4v) is 15.6. The molecule has 0 saturated heterocycles. The second-order valence-corrected chi connectivity index (χ2v) is 20.6. The fraction of sp³-hybridized carbons (Fsp3) is 1.00. The van der Waals surface area contributed by atoms with Crippen LogP contribution in [-0.2, 0) is 22.8 Å². The number of hydrogen-bond acceptors (Lipinski definition) is 5. The molecule has 0 saturated carbocycles. The Morgan fingerprint density at radius 2 is 1.45 bits per heavy atom. The Bertz CT molecular complexity index is 402. The molecule has 0 amide bonds. The molecular formula is C10H28O6SSi3. The fourth-order valence-electron chi connectivity index (χ4n) is 2.14. The molecule has 0 atom stereocenters. The summed E-state index contributed by atoms with van der Waals surface area (Å²) < 4.78 is 46.1. The van der Waals surface area contributed by atoms with Crippen LogP contribution >= 0.6 is 0 Å². The Labute approximate surface area is 126 Å². The maximum Gasteiger partial charge on any atom is 0.397 e. The van der Waals surface area contributed by atoms with Gasteiger partial charge in [-0.3, -0.25) is 4.55 Å². The van der Waals surface area contributed by atoms with Gasteiger partial charge < -0.3 is 8.23 Å². The molecule has 0 aliphatic heterocycles. The highest BCUT2D eigenvalue weighted by molar-refractivity contribution is 7.80. The first-order valence-electron chi connectivity index (χ1n) is 6.64. The zero-order valence-electron chi connectivity index (χ0n) is 13.5. The molecule has 0 aromatic rings. The Balaban J connectivity index is 4.30. The van der Waals surface area contributed by atoms with Gasteiger partial charge in [-0.15, -0.1) is 0 Å². The summed E-state index contributed by atoms with van der Waals surface area (Å²) in [6.07, 6.45) is 0.538. The molecule has 6 nitrogen and oxygen atoms in total. The first-order valence-corrected chi connectivity index (χ1v) is 17.3. The molecule has 0 bridgehead atoms. The minimum atomic E-state index is -4.34. The first-order chi connectivity index (χ1) is 8.62. The van der Waals surface area contributed by atoms with E-state index in [0.717, 1.165) is 6.04 Å². The lowest BCUT2D eigenvalue weighted by Crippen LogP contribution is -2.51. The van der Waals surface area contributed by atoms with Crippen LogP contribution in [0.1, 0.15) is 6.42 Å². The van der Waals surface area contributed by atoms with Gasteiger partial charge in [0.1, 0.15) is 0 Å². The molecule has 0 aromatic heterocycles. The summed E-state index contributed by atoms with van der Waals surface area (Å²) in [4.78, 5) is 0. The normalized spacial score (nSPS) is 14.6. The van der Waals surface area contributed by atoms with Crippen LogP contribution in [0.5, 0.6) is 0 Å². The van der Waals surface area contributed by atoms with E-state index in [9.17, 15) is 8.42 Å². The Morgan fingerprint density at radius 3 is 1.85 bits per heavy atom. The molecular weight excluding hydrogens is 332 g/mol. The lowest BCUT2D eigenvalue weighted by Gasteiger charge is -2.37. The van der Waals surface area contributed by atoms with Crippen molar-refractivity contribution in [1.82, 2.24) is 0 Å². The minimum absolute atomic E-state index is 0.0184. The van der Waals surface area contributed by atoms with Crippen LogP contribution in [0.3, 0.4) is 0 Å². The highest BCUT2D eigenvalue weighted by Crippen LogP contribution is 2.23. The molecule has 0 spiro atoms. The van der Waals surface area contributed by atoms with E-state index >= 15 is 0 Å². The van der Waals surface area contributed by atoms with Crippen LogP contribution in [0.4, 0.5) is 0 Å². The Hall–Kier alpha value is 0.441. The Kier molecular flexibility index (Phi) is 7.29. The van der Waals surface area contributed by atoms with Crippen molar-refractivity contribution in [1.29, 1.82) is 0 Å². The van der Waals surface area contributed by atoms with Gasteiger partial charge in [0.25, 0.3) is 0 Å². The topological polar surface area (TPSA) is 82.1 Å². The van der Waals surface area contributed by atoms with Crippen LogP contribution in [0.2, 0.25) is 51.9 Å². The summed E-state index contributed by atoms with van der Waals surface area (Å²) in [6.45, 7) is 14.7. The van der Waals surface area contributed by atoms with Crippen LogP contribution < -0.4 is 0 Å². The molecule has 10 heteroatoms. The van der Waals surface area contributed by atoms with Crippen molar-refractivity contribution >= 4 is 35.6 Å². The van der Waals surface area contributed by atoms with E-state index in [4.69, 9.17) is 12.8 Å². The molecule has 0 radical (unpaired) electrons. The van der Waals surface area contributed by atoms with Gasteiger partial charge in [0.2, 0.25) is 0 Å². The van der Waals surface area contributed by atoms with Crippen molar-refractivity contribution in [3.63, 3.8) is 0 Å². The van der Waals surface area contributed by atoms with Crippen molar-refractivity contribution in [2.24, 2.45) is 0 Å². The molecule has 0 aromatic carbocycles. The summed E-state index contributed by atoms with van der Waals surface area (Å²) in [6, 6.07) is 0.758. The van der Waals surface area contributed by atoms with Crippen LogP contribution in [-0.4, -0.2) is 44.8 Å². The van der Waals surface area contributed by atoms with E-state index in [1.54, 1.807) is 0 Å². The molecule has 122 valence electrons. The van der Waals surface area contributed by atoms with Crippen molar-refractivity contribution < 1.29 is 25.4 Å². The molecule has 0 fully saturated rings. The van der Waals surface area contributed by atoms with Gasteiger partial charge in [-0.2, -0.15) is 8.42 Å². The smallest absolute Gasteiger partial charge is 0.397 e. The van der Waals surface area contributed by atoms with Gasteiger partial charge in [0.05, 0.1) is 6.61 Å². The zero-order chi connectivity index (χ0) is 16.2. The Morgan fingerprint density at radius 1 is 0.950 bits per heavy atom. The predicted molar refractivity (Wildman–Crippen MR) is 87.4 cm³/mol. The largest absolute Gasteiger partial charge is 0.437 e. The van der Waals surface area contributed by atoms with Crippen molar-refractivity contribution in [3.05, 3.63) is 0 Å². The van der Waals surface area contributed by atoms with Gasteiger partial charge in [-0.25, -0.2) is 4.18 Å². The van der Waals surface area contributed by atoms with E-state index in [1.807, 2.05) is 0 Å². The van der Waals surface area contributed by atoms with E-state index in [0.29, 0.717) is 6.42 Å². The third-order valence-electron chi connectivity index (χ3n) is 2.23. The van der Waals surface area contributed by atoms with Gasteiger partial charge in [-0.05, 0) is 58.3 Å².